The van der Waals surface area contributed by atoms with Crippen LogP contribution in [-0.4, -0.2) is 32.3 Å². The molecule has 4 aliphatic rings. The number of piperidine rings is 1. The fourth-order valence-electron chi connectivity index (χ4n) is 7.57. The van der Waals surface area contributed by atoms with Crippen molar-refractivity contribution in [2.45, 2.75) is 104 Å². The van der Waals surface area contributed by atoms with Gasteiger partial charge in [0, 0.05) is 24.6 Å². The van der Waals surface area contributed by atoms with Crippen molar-refractivity contribution in [1.29, 1.82) is 0 Å². The van der Waals surface area contributed by atoms with Crippen LogP contribution in [0.3, 0.4) is 0 Å². The highest BCUT2D eigenvalue weighted by Crippen LogP contribution is 2.66. The lowest BCUT2D eigenvalue weighted by Crippen LogP contribution is -2.57. The Labute approximate surface area is 186 Å². The lowest BCUT2D eigenvalue weighted by molar-refractivity contribution is -0.137. The Morgan fingerprint density at radius 1 is 1.10 bits per heavy atom. The van der Waals surface area contributed by atoms with Crippen molar-refractivity contribution in [1.82, 2.24) is 4.90 Å². The van der Waals surface area contributed by atoms with Crippen LogP contribution in [0.4, 0.5) is 0 Å². The van der Waals surface area contributed by atoms with Gasteiger partial charge in [-0.15, -0.1) is 0 Å². The van der Waals surface area contributed by atoms with Crippen LogP contribution in [0.2, 0.25) is 18.1 Å². The molecule has 0 spiro atoms. The summed E-state index contributed by atoms with van der Waals surface area (Å²) in [6.45, 7) is 19.4. The van der Waals surface area contributed by atoms with E-state index < -0.39 is 8.32 Å². The smallest absolute Gasteiger partial charge is 0.226 e. The third-order valence-electron chi connectivity index (χ3n) is 10.5. The summed E-state index contributed by atoms with van der Waals surface area (Å²) in [4.78, 5) is 14.4. The summed E-state index contributed by atoms with van der Waals surface area (Å²) >= 11 is 0. The van der Waals surface area contributed by atoms with E-state index in [1.807, 2.05) is 11.9 Å². The molecule has 0 radical (unpaired) electrons. The van der Waals surface area contributed by atoms with Crippen molar-refractivity contribution in [3.8, 4) is 0 Å². The Balaban J connectivity index is 1.64. The summed E-state index contributed by atoms with van der Waals surface area (Å²) in [5.41, 5.74) is 1.80. The first-order valence-electron chi connectivity index (χ1n) is 12.4. The molecule has 1 amide bonds. The molecule has 0 aromatic rings. The molecule has 3 fully saturated rings. The topological polar surface area (TPSA) is 29.5 Å². The second-order valence-electron chi connectivity index (χ2n) is 13.1. The highest BCUT2D eigenvalue weighted by atomic mass is 28.4. The zero-order valence-electron chi connectivity index (χ0n) is 21.0. The Hall–Kier alpha value is -0.613. The van der Waals surface area contributed by atoms with Crippen molar-refractivity contribution in [2.75, 3.05) is 7.05 Å². The number of hydrogen-bond acceptors (Lipinski definition) is 2. The van der Waals surface area contributed by atoms with E-state index in [1.165, 1.54) is 31.4 Å². The summed E-state index contributed by atoms with van der Waals surface area (Å²) in [5.74, 6) is 3.02. The van der Waals surface area contributed by atoms with Gasteiger partial charge in [-0.3, -0.25) is 4.79 Å². The minimum absolute atomic E-state index is 0.166. The normalized spacial score (nSPS) is 44.3. The van der Waals surface area contributed by atoms with Crippen molar-refractivity contribution in [2.24, 2.45) is 34.5 Å². The van der Waals surface area contributed by atoms with E-state index in [0.717, 1.165) is 18.3 Å². The average molecular weight is 432 g/mol. The number of amides is 1. The van der Waals surface area contributed by atoms with Crippen LogP contribution in [0.5, 0.6) is 0 Å². The Kier molecular flexibility index (Phi) is 5.22. The maximum Gasteiger partial charge on any atom is 0.226 e. The van der Waals surface area contributed by atoms with Gasteiger partial charge in [-0.2, -0.15) is 0 Å². The van der Waals surface area contributed by atoms with Gasteiger partial charge in [-0.25, -0.2) is 0 Å². The van der Waals surface area contributed by atoms with Crippen LogP contribution < -0.4 is 0 Å². The van der Waals surface area contributed by atoms with Crippen molar-refractivity contribution < 1.29 is 9.22 Å². The minimum atomic E-state index is -1.77. The number of carbonyl (C=O) groups excluding carboxylic acids is 1. The molecule has 4 heteroatoms. The lowest BCUT2D eigenvalue weighted by Gasteiger charge is -2.60. The average Bonchev–Trinajstić information content (AvgIpc) is 2.95. The summed E-state index contributed by atoms with van der Waals surface area (Å²) in [7, 11) is 0.235. The maximum absolute atomic E-state index is 12.4. The van der Waals surface area contributed by atoms with Gasteiger partial charge >= 0.3 is 0 Å². The van der Waals surface area contributed by atoms with Gasteiger partial charge in [0.2, 0.25) is 5.91 Å². The second-order valence-corrected chi connectivity index (χ2v) is 17.8. The van der Waals surface area contributed by atoms with Crippen molar-refractivity contribution in [3.63, 3.8) is 0 Å². The van der Waals surface area contributed by atoms with Gasteiger partial charge in [-0.1, -0.05) is 47.6 Å². The number of rotatable bonds is 2. The molecule has 0 aromatic carbocycles. The number of carbonyl (C=O) groups is 1. The quantitative estimate of drug-likeness (QED) is 0.460. The highest BCUT2D eigenvalue weighted by Gasteiger charge is 2.62. The first-order valence-corrected chi connectivity index (χ1v) is 15.3. The standard InChI is InChI=1S/C26H45NO2Si/c1-17-16-20-25(5,15-13-22(28)27(20)7)19-12-14-26(6)18(23(17)19)10-11-21(26)29-30(8,9)24(2,3)4/h16-19,21,23H,10-15H2,1-9H3/t17?,18-,19+,21?,23-,25+,26-/m0/s1. The summed E-state index contributed by atoms with van der Waals surface area (Å²) < 4.78 is 7.08. The van der Waals surface area contributed by atoms with E-state index in [1.54, 1.807) is 0 Å². The SMILES string of the molecule is CC1C=C2N(C)C(=O)CC[C@]2(C)[C@@H]2CC[C@]3(C)C(O[Si](C)(C)C(C)(C)C)CC[C@H]3[C@H]12. The summed E-state index contributed by atoms with van der Waals surface area (Å²) in [6.07, 6.45) is 9.76. The molecule has 0 N–H and O–H groups in total. The predicted molar refractivity (Wildman–Crippen MR) is 126 cm³/mol. The molecule has 2 unspecified atom stereocenters. The molecule has 7 atom stereocenters. The fraction of sp³-hybridized carbons (Fsp3) is 0.885. The number of nitrogens with zero attached hydrogens (tertiary/aromatic N) is 1. The first kappa shape index (κ1) is 22.6. The van der Waals surface area contributed by atoms with Crippen molar-refractivity contribution >= 4 is 14.2 Å². The molecule has 1 saturated heterocycles. The van der Waals surface area contributed by atoms with Crippen LogP contribution in [0.1, 0.15) is 80.1 Å². The van der Waals surface area contributed by atoms with E-state index in [-0.39, 0.29) is 10.5 Å². The Bertz CT molecular complexity index is 753. The molecule has 0 bridgehead atoms. The zero-order chi connectivity index (χ0) is 22.3. The molecule has 30 heavy (non-hydrogen) atoms. The highest BCUT2D eigenvalue weighted by molar-refractivity contribution is 6.74. The molecule has 1 aliphatic heterocycles. The van der Waals surface area contributed by atoms with E-state index >= 15 is 0 Å². The second kappa shape index (κ2) is 6.94. The van der Waals surface area contributed by atoms with Crippen LogP contribution >= 0.6 is 0 Å². The molecular weight excluding hydrogens is 386 g/mol. The van der Waals surface area contributed by atoms with Crippen LogP contribution in [0.15, 0.2) is 11.8 Å². The largest absolute Gasteiger partial charge is 0.413 e. The molecular formula is C26H45NO2Si. The molecule has 3 aliphatic carbocycles. The Morgan fingerprint density at radius 2 is 1.77 bits per heavy atom. The predicted octanol–water partition coefficient (Wildman–Crippen LogP) is 6.61. The van der Waals surface area contributed by atoms with Crippen LogP contribution in [-0.2, 0) is 9.22 Å². The first-order chi connectivity index (χ1) is 13.7. The third kappa shape index (κ3) is 3.10. The molecule has 2 saturated carbocycles. The summed E-state index contributed by atoms with van der Waals surface area (Å²) in [5, 5.41) is 0.265. The Morgan fingerprint density at radius 3 is 2.40 bits per heavy atom. The van der Waals surface area contributed by atoms with Gasteiger partial charge in [0.1, 0.15) is 0 Å². The number of hydrogen-bond donors (Lipinski definition) is 0. The van der Waals surface area contributed by atoms with Crippen molar-refractivity contribution in [3.05, 3.63) is 11.8 Å². The van der Waals surface area contributed by atoms with Gasteiger partial charge < -0.3 is 9.33 Å². The van der Waals surface area contributed by atoms with E-state index in [2.05, 4.69) is 60.7 Å². The minimum Gasteiger partial charge on any atom is -0.413 e. The lowest BCUT2D eigenvalue weighted by atomic mass is 9.47. The molecule has 1 heterocycles. The van der Waals surface area contributed by atoms with Crippen LogP contribution in [0.25, 0.3) is 0 Å². The molecule has 4 rings (SSSR count). The van der Waals surface area contributed by atoms with E-state index in [9.17, 15) is 4.79 Å². The fourth-order valence-corrected chi connectivity index (χ4v) is 9.02. The van der Waals surface area contributed by atoms with Gasteiger partial charge in [0.15, 0.2) is 8.32 Å². The molecule has 170 valence electrons. The number of fused-ring (bicyclic) bond motifs is 5. The van der Waals surface area contributed by atoms with Gasteiger partial charge in [0.25, 0.3) is 0 Å². The summed E-state index contributed by atoms with van der Waals surface area (Å²) in [6, 6.07) is 0. The van der Waals surface area contributed by atoms with Gasteiger partial charge in [0.05, 0.1) is 6.10 Å². The molecule has 0 aromatic heterocycles. The monoisotopic (exact) mass is 431 g/mol. The van der Waals surface area contributed by atoms with E-state index in [0.29, 0.717) is 35.7 Å². The molecule has 3 nitrogen and oxygen atoms in total. The van der Waals surface area contributed by atoms with Gasteiger partial charge in [-0.05, 0) is 79.3 Å². The van der Waals surface area contributed by atoms with E-state index in [4.69, 9.17) is 4.43 Å². The number of likely N-dealkylation sites (tertiary alicyclic amines) is 1. The zero-order valence-corrected chi connectivity index (χ0v) is 22.0. The third-order valence-corrected chi connectivity index (χ3v) is 15.0. The number of allylic oxidation sites excluding steroid dienone is 2. The van der Waals surface area contributed by atoms with Crippen LogP contribution in [0, 0.1) is 34.5 Å². The maximum atomic E-state index is 12.4.